The third-order valence-electron chi connectivity index (χ3n) is 4.41. The molecule has 9 heteroatoms. The Morgan fingerprint density at radius 3 is 2.89 bits per heavy atom. The second-order valence-electron chi connectivity index (χ2n) is 6.37. The number of benzene rings is 1. The molecule has 0 unspecified atom stereocenters. The highest BCUT2D eigenvalue weighted by Crippen LogP contribution is 2.25. The number of fused-ring (bicyclic) bond motifs is 1. The number of aromatic nitrogens is 5. The van der Waals surface area contributed by atoms with Gasteiger partial charge in [0.15, 0.2) is 5.82 Å². The highest BCUT2D eigenvalue weighted by molar-refractivity contribution is 5.72. The Balaban J connectivity index is 1.79. The Hall–Kier alpha value is -3.33. The lowest BCUT2D eigenvalue weighted by Gasteiger charge is -2.03. The number of hydrogen-bond acceptors (Lipinski definition) is 6. The largest absolute Gasteiger partial charge is 0.392 e. The van der Waals surface area contributed by atoms with E-state index in [0.717, 1.165) is 6.42 Å². The fourth-order valence-electron chi connectivity index (χ4n) is 3.12. The van der Waals surface area contributed by atoms with Gasteiger partial charge in [-0.15, -0.1) is 0 Å². The lowest BCUT2D eigenvalue weighted by atomic mass is 10.1. The summed E-state index contributed by atoms with van der Waals surface area (Å²) in [6, 6.07) is 5.86. The second-order valence-corrected chi connectivity index (χ2v) is 6.37. The van der Waals surface area contributed by atoms with E-state index in [1.165, 1.54) is 21.2 Å². The second kappa shape index (κ2) is 7.35. The normalized spacial score (nSPS) is 11.4. The Morgan fingerprint density at radius 2 is 2.14 bits per heavy atom. The molecule has 0 aliphatic carbocycles. The number of aliphatic hydroxyl groups excluding tert-OH is 1. The molecule has 4 aromatic rings. The molecule has 1 aromatic carbocycles. The molecule has 0 saturated heterocycles. The SMILES string of the molecule is CCCc1noc(Cn2ccn3nc(-c4cccc(F)c4)c(CO)c3c2=O)n1. The molecule has 0 atom stereocenters. The molecule has 8 nitrogen and oxygen atoms in total. The van der Waals surface area contributed by atoms with Crippen molar-refractivity contribution < 1.29 is 14.0 Å². The number of rotatable bonds is 6. The molecule has 0 bridgehead atoms. The van der Waals surface area contributed by atoms with E-state index in [0.29, 0.717) is 35.0 Å². The molecular weight excluding hydrogens is 365 g/mol. The Bertz CT molecular complexity index is 1190. The Labute approximate surface area is 158 Å². The summed E-state index contributed by atoms with van der Waals surface area (Å²) in [6.45, 7) is 1.72. The molecule has 0 fully saturated rings. The van der Waals surface area contributed by atoms with E-state index in [1.54, 1.807) is 24.5 Å². The minimum atomic E-state index is -0.421. The molecule has 144 valence electrons. The van der Waals surface area contributed by atoms with Crippen LogP contribution in [0.2, 0.25) is 0 Å². The van der Waals surface area contributed by atoms with E-state index in [4.69, 9.17) is 4.52 Å². The van der Waals surface area contributed by atoms with Crippen molar-refractivity contribution in [2.24, 2.45) is 0 Å². The van der Waals surface area contributed by atoms with Gasteiger partial charge in [0, 0.05) is 29.9 Å². The molecule has 3 heterocycles. The van der Waals surface area contributed by atoms with Crippen molar-refractivity contribution in [1.82, 2.24) is 24.3 Å². The molecule has 4 rings (SSSR count). The first-order valence-electron chi connectivity index (χ1n) is 8.89. The van der Waals surface area contributed by atoms with Gasteiger partial charge in [-0.25, -0.2) is 8.91 Å². The summed E-state index contributed by atoms with van der Waals surface area (Å²) in [7, 11) is 0. The maximum absolute atomic E-state index is 13.6. The van der Waals surface area contributed by atoms with Crippen molar-refractivity contribution in [2.45, 2.75) is 32.9 Å². The lowest BCUT2D eigenvalue weighted by molar-refractivity contribution is 0.283. The van der Waals surface area contributed by atoms with E-state index < -0.39 is 12.4 Å². The van der Waals surface area contributed by atoms with Crippen molar-refractivity contribution in [1.29, 1.82) is 0 Å². The summed E-state index contributed by atoms with van der Waals surface area (Å²) in [5.74, 6) is 0.501. The first kappa shape index (κ1) is 18.1. The Kier molecular flexibility index (Phi) is 4.74. The highest BCUT2D eigenvalue weighted by Gasteiger charge is 2.19. The first-order valence-corrected chi connectivity index (χ1v) is 8.89. The number of halogens is 1. The molecule has 0 aliphatic rings. The van der Waals surface area contributed by atoms with Crippen molar-refractivity contribution in [3.8, 4) is 11.3 Å². The van der Waals surface area contributed by atoms with Gasteiger partial charge in [0.2, 0.25) is 5.89 Å². The monoisotopic (exact) mass is 383 g/mol. The molecule has 0 radical (unpaired) electrons. The van der Waals surface area contributed by atoms with Crippen LogP contribution in [0.5, 0.6) is 0 Å². The van der Waals surface area contributed by atoms with Crippen LogP contribution < -0.4 is 5.56 Å². The van der Waals surface area contributed by atoms with E-state index in [1.807, 2.05) is 6.92 Å². The zero-order valence-corrected chi connectivity index (χ0v) is 15.2. The van der Waals surface area contributed by atoms with Crippen LogP contribution in [0.1, 0.15) is 30.6 Å². The van der Waals surface area contributed by atoms with Crippen molar-refractivity contribution in [3.63, 3.8) is 0 Å². The van der Waals surface area contributed by atoms with E-state index in [-0.39, 0.29) is 17.6 Å². The van der Waals surface area contributed by atoms with Gasteiger partial charge < -0.3 is 14.2 Å². The van der Waals surface area contributed by atoms with Crippen LogP contribution >= 0.6 is 0 Å². The van der Waals surface area contributed by atoms with E-state index >= 15 is 0 Å². The standard InChI is InChI=1S/C19H18FN5O3/c1-2-4-15-21-16(28-23-15)10-24-7-8-25-18(19(24)27)14(11-26)17(22-25)12-5-3-6-13(20)9-12/h3,5-9,26H,2,4,10-11H2,1H3. The average molecular weight is 383 g/mol. The molecule has 0 amide bonds. The predicted octanol–water partition coefficient (Wildman–Crippen LogP) is 2.18. The van der Waals surface area contributed by atoms with Crippen LogP contribution in [-0.2, 0) is 19.6 Å². The van der Waals surface area contributed by atoms with E-state index in [2.05, 4.69) is 15.2 Å². The first-order chi connectivity index (χ1) is 13.6. The molecule has 0 aliphatic heterocycles. The van der Waals surface area contributed by atoms with Crippen LogP contribution in [0, 0.1) is 5.82 Å². The van der Waals surface area contributed by atoms with Gasteiger partial charge in [-0.1, -0.05) is 24.2 Å². The minimum Gasteiger partial charge on any atom is -0.392 e. The van der Waals surface area contributed by atoms with Crippen molar-refractivity contribution >= 4 is 5.52 Å². The molecule has 3 aromatic heterocycles. The fraction of sp³-hybridized carbons (Fsp3) is 0.263. The quantitative estimate of drug-likeness (QED) is 0.548. The van der Waals surface area contributed by atoms with Crippen LogP contribution in [0.15, 0.2) is 46.0 Å². The van der Waals surface area contributed by atoms with Gasteiger partial charge in [0.25, 0.3) is 5.56 Å². The van der Waals surface area contributed by atoms with Crippen molar-refractivity contribution in [2.75, 3.05) is 0 Å². The number of aliphatic hydroxyl groups is 1. The average Bonchev–Trinajstić information content (AvgIpc) is 3.28. The molecule has 0 spiro atoms. The van der Waals surface area contributed by atoms with Crippen molar-refractivity contribution in [3.05, 3.63) is 70.1 Å². The van der Waals surface area contributed by atoms with Gasteiger partial charge in [-0.2, -0.15) is 10.1 Å². The summed E-state index contributed by atoms with van der Waals surface area (Å²) < 4.78 is 21.6. The smallest absolute Gasteiger partial charge is 0.277 e. The number of aryl methyl sites for hydroxylation is 1. The molecule has 0 saturated carbocycles. The van der Waals surface area contributed by atoms with Gasteiger partial charge in [-0.3, -0.25) is 4.79 Å². The fourth-order valence-corrected chi connectivity index (χ4v) is 3.12. The van der Waals surface area contributed by atoms with Crippen LogP contribution in [-0.4, -0.2) is 29.4 Å². The lowest BCUT2D eigenvalue weighted by Crippen LogP contribution is -2.22. The third-order valence-corrected chi connectivity index (χ3v) is 4.41. The summed E-state index contributed by atoms with van der Waals surface area (Å²) in [6.07, 6.45) is 4.75. The van der Waals surface area contributed by atoms with Gasteiger partial charge in [0.1, 0.15) is 17.9 Å². The van der Waals surface area contributed by atoms with Gasteiger partial charge in [0.05, 0.1) is 12.3 Å². The predicted molar refractivity (Wildman–Crippen MR) is 98.2 cm³/mol. The topological polar surface area (TPSA) is 98.5 Å². The zero-order valence-electron chi connectivity index (χ0n) is 15.2. The molecule has 28 heavy (non-hydrogen) atoms. The summed E-state index contributed by atoms with van der Waals surface area (Å²) in [5, 5.41) is 18.1. The minimum absolute atomic E-state index is 0.109. The molecule has 1 N–H and O–H groups in total. The number of hydrogen-bond donors (Lipinski definition) is 1. The van der Waals surface area contributed by atoms with Crippen LogP contribution in [0.3, 0.4) is 0 Å². The van der Waals surface area contributed by atoms with Crippen LogP contribution in [0.4, 0.5) is 4.39 Å². The van der Waals surface area contributed by atoms with Gasteiger partial charge in [-0.05, 0) is 18.6 Å². The summed E-state index contributed by atoms with van der Waals surface area (Å²) >= 11 is 0. The zero-order chi connectivity index (χ0) is 19.7. The number of nitrogens with zero attached hydrogens (tertiary/aromatic N) is 5. The highest BCUT2D eigenvalue weighted by atomic mass is 19.1. The maximum Gasteiger partial charge on any atom is 0.277 e. The van der Waals surface area contributed by atoms with Crippen LogP contribution in [0.25, 0.3) is 16.8 Å². The maximum atomic E-state index is 13.6. The summed E-state index contributed by atoms with van der Waals surface area (Å²) in [5.41, 5.74) is 1.04. The van der Waals surface area contributed by atoms with E-state index in [9.17, 15) is 14.3 Å². The Morgan fingerprint density at radius 1 is 1.29 bits per heavy atom. The molecular formula is C19H18FN5O3. The van der Waals surface area contributed by atoms with Gasteiger partial charge >= 0.3 is 0 Å². The summed E-state index contributed by atoms with van der Waals surface area (Å²) in [4.78, 5) is 17.3. The third kappa shape index (κ3) is 3.20.